The summed E-state index contributed by atoms with van der Waals surface area (Å²) in [7, 11) is 4.67. The van der Waals surface area contributed by atoms with Gasteiger partial charge in [-0.2, -0.15) is 0 Å². The minimum absolute atomic E-state index is 0.258. The van der Waals surface area contributed by atoms with Gasteiger partial charge >= 0.3 is 0 Å². The predicted octanol–water partition coefficient (Wildman–Crippen LogP) is 2.76. The number of nitrogens with one attached hydrogen (secondary N) is 1. The first-order valence-corrected chi connectivity index (χ1v) is 6.87. The number of hydrogen-bond acceptors (Lipinski definition) is 5. The second-order valence-corrected chi connectivity index (χ2v) is 4.53. The van der Waals surface area contributed by atoms with Crippen molar-refractivity contribution in [3.8, 4) is 17.4 Å². The minimum atomic E-state index is -0.258. The second kappa shape index (κ2) is 7.84. The molecule has 0 radical (unpaired) electrons. The van der Waals surface area contributed by atoms with Crippen molar-refractivity contribution in [3.63, 3.8) is 0 Å². The van der Waals surface area contributed by atoms with E-state index in [9.17, 15) is 4.79 Å². The molecule has 1 amide bonds. The molecule has 2 aromatic rings. The van der Waals surface area contributed by atoms with Gasteiger partial charge in [-0.3, -0.25) is 4.79 Å². The van der Waals surface area contributed by atoms with Gasteiger partial charge in [-0.1, -0.05) is 6.07 Å². The zero-order valence-electron chi connectivity index (χ0n) is 13.2. The van der Waals surface area contributed by atoms with E-state index < -0.39 is 0 Å². The van der Waals surface area contributed by atoms with Crippen LogP contribution in [0, 0.1) is 0 Å². The SMILES string of the molecule is COc1ccc(NC(=O)/C=C\c2ccc(OC)c(OC)c2)cn1. The molecule has 2 rings (SSSR count). The second-order valence-electron chi connectivity index (χ2n) is 4.53. The number of carbonyl (C=O) groups excluding carboxylic acids is 1. The number of benzene rings is 1. The normalized spacial score (nSPS) is 10.4. The van der Waals surface area contributed by atoms with E-state index in [2.05, 4.69) is 10.3 Å². The van der Waals surface area contributed by atoms with Gasteiger partial charge in [0, 0.05) is 12.1 Å². The third kappa shape index (κ3) is 4.47. The van der Waals surface area contributed by atoms with Crippen LogP contribution in [0.15, 0.2) is 42.6 Å². The third-order valence-corrected chi connectivity index (χ3v) is 3.05. The topological polar surface area (TPSA) is 69.7 Å². The molecular weight excluding hydrogens is 296 g/mol. The molecule has 120 valence electrons. The Labute approximate surface area is 134 Å². The predicted molar refractivity (Wildman–Crippen MR) is 88.0 cm³/mol. The molecule has 6 nitrogen and oxygen atoms in total. The lowest BCUT2D eigenvalue weighted by molar-refractivity contribution is -0.111. The molecule has 1 aromatic heterocycles. The van der Waals surface area contributed by atoms with Gasteiger partial charge in [-0.15, -0.1) is 0 Å². The molecule has 1 N–H and O–H groups in total. The molecule has 6 heteroatoms. The fraction of sp³-hybridized carbons (Fsp3) is 0.176. The van der Waals surface area contributed by atoms with E-state index in [1.807, 2.05) is 6.07 Å². The van der Waals surface area contributed by atoms with Gasteiger partial charge in [0.15, 0.2) is 11.5 Å². The smallest absolute Gasteiger partial charge is 0.248 e. The number of ether oxygens (including phenoxy) is 3. The van der Waals surface area contributed by atoms with E-state index in [0.29, 0.717) is 23.1 Å². The highest BCUT2D eigenvalue weighted by Crippen LogP contribution is 2.27. The lowest BCUT2D eigenvalue weighted by Gasteiger charge is -2.07. The highest BCUT2D eigenvalue weighted by atomic mass is 16.5. The summed E-state index contributed by atoms with van der Waals surface area (Å²) in [6.45, 7) is 0. The summed E-state index contributed by atoms with van der Waals surface area (Å²) in [4.78, 5) is 15.9. The maximum atomic E-state index is 11.9. The van der Waals surface area contributed by atoms with Crippen molar-refractivity contribution in [1.29, 1.82) is 0 Å². The van der Waals surface area contributed by atoms with E-state index in [1.54, 1.807) is 44.6 Å². The summed E-state index contributed by atoms with van der Waals surface area (Å²) < 4.78 is 15.4. The van der Waals surface area contributed by atoms with Crippen molar-refractivity contribution in [3.05, 3.63) is 48.2 Å². The van der Waals surface area contributed by atoms with E-state index >= 15 is 0 Å². The average Bonchev–Trinajstić information content (AvgIpc) is 2.60. The Morgan fingerprint density at radius 3 is 2.43 bits per heavy atom. The van der Waals surface area contributed by atoms with E-state index in [-0.39, 0.29) is 5.91 Å². The number of amides is 1. The fourth-order valence-corrected chi connectivity index (χ4v) is 1.89. The first-order chi connectivity index (χ1) is 11.2. The van der Waals surface area contributed by atoms with E-state index in [0.717, 1.165) is 5.56 Å². The van der Waals surface area contributed by atoms with Crippen LogP contribution in [0.25, 0.3) is 6.08 Å². The molecule has 1 aromatic carbocycles. The fourth-order valence-electron chi connectivity index (χ4n) is 1.89. The van der Waals surface area contributed by atoms with E-state index in [4.69, 9.17) is 14.2 Å². The Morgan fingerprint density at radius 1 is 1.04 bits per heavy atom. The third-order valence-electron chi connectivity index (χ3n) is 3.05. The number of aromatic nitrogens is 1. The summed E-state index contributed by atoms with van der Waals surface area (Å²) in [5.74, 6) is 1.48. The molecular formula is C17H18N2O4. The zero-order valence-corrected chi connectivity index (χ0v) is 13.2. The van der Waals surface area contributed by atoms with Crippen LogP contribution in [0.3, 0.4) is 0 Å². The summed E-state index contributed by atoms with van der Waals surface area (Å²) in [6.07, 6.45) is 4.65. The Kier molecular flexibility index (Phi) is 5.57. The molecule has 1 heterocycles. The summed E-state index contributed by atoms with van der Waals surface area (Å²) in [5.41, 5.74) is 1.42. The molecule has 0 bridgehead atoms. The van der Waals surface area contributed by atoms with Crippen molar-refractivity contribution in [2.45, 2.75) is 0 Å². The van der Waals surface area contributed by atoms with Crippen LogP contribution >= 0.6 is 0 Å². The van der Waals surface area contributed by atoms with Crippen LogP contribution < -0.4 is 19.5 Å². The molecule has 0 saturated carbocycles. The van der Waals surface area contributed by atoms with Gasteiger partial charge in [0.05, 0.1) is 33.2 Å². The lowest BCUT2D eigenvalue weighted by atomic mass is 10.2. The molecule has 0 spiro atoms. The molecule has 0 saturated heterocycles. The Balaban J connectivity index is 2.02. The van der Waals surface area contributed by atoms with E-state index in [1.165, 1.54) is 19.4 Å². The van der Waals surface area contributed by atoms with Crippen molar-refractivity contribution >= 4 is 17.7 Å². The summed E-state index contributed by atoms with van der Waals surface area (Å²) >= 11 is 0. The minimum Gasteiger partial charge on any atom is -0.493 e. The quantitative estimate of drug-likeness (QED) is 0.830. The van der Waals surface area contributed by atoms with Crippen molar-refractivity contribution in [1.82, 2.24) is 4.98 Å². The number of rotatable bonds is 6. The first-order valence-electron chi connectivity index (χ1n) is 6.87. The van der Waals surface area contributed by atoms with Crippen molar-refractivity contribution < 1.29 is 19.0 Å². The summed E-state index contributed by atoms with van der Waals surface area (Å²) in [6, 6.07) is 8.79. The number of methoxy groups -OCH3 is 3. The monoisotopic (exact) mass is 314 g/mol. The van der Waals surface area contributed by atoms with Crippen LogP contribution in [-0.4, -0.2) is 32.2 Å². The number of hydrogen-bond donors (Lipinski definition) is 1. The first kappa shape index (κ1) is 16.4. The molecule has 0 fully saturated rings. The van der Waals surface area contributed by atoms with Gasteiger partial charge in [0.1, 0.15) is 0 Å². The maximum Gasteiger partial charge on any atom is 0.248 e. The number of pyridine rings is 1. The summed E-state index contributed by atoms with van der Waals surface area (Å²) in [5, 5.41) is 2.71. The zero-order chi connectivity index (χ0) is 16.7. The lowest BCUT2D eigenvalue weighted by Crippen LogP contribution is -2.07. The standard InChI is InChI=1S/C17H18N2O4/c1-21-14-7-4-12(10-15(14)22-2)5-8-16(20)19-13-6-9-17(23-3)18-11-13/h4-11H,1-3H3,(H,19,20)/b8-5-. The van der Waals surface area contributed by atoms with Crippen LogP contribution in [0.1, 0.15) is 5.56 Å². The Morgan fingerprint density at radius 2 is 1.83 bits per heavy atom. The maximum absolute atomic E-state index is 11.9. The average molecular weight is 314 g/mol. The van der Waals surface area contributed by atoms with Crippen molar-refractivity contribution in [2.24, 2.45) is 0 Å². The van der Waals surface area contributed by atoms with Gasteiger partial charge in [0.2, 0.25) is 11.8 Å². The Bertz CT molecular complexity index is 696. The van der Waals surface area contributed by atoms with Crippen LogP contribution in [0.5, 0.6) is 17.4 Å². The van der Waals surface area contributed by atoms with Crippen LogP contribution in [0.4, 0.5) is 5.69 Å². The molecule has 23 heavy (non-hydrogen) atoms. The molecule has 0 aliphatic carbocycles. The van der Waals surface area contributed by atoms with Gasteiger partial charge in [-0.05, 0) is 29.8 Å². The largest absolute Gasteiger partial charge is 0.493 e. The van der Waals surface area contributed by atoms with Gasteiger partial charge < -0.3 is 19.5 Å². The molecule has 0 atom stereocenters. The number of nitrogens with zero attached hydrogens (tertiary/aromatic N) is 1. The van der Waals surface area contributed by atoms with Crippen molar-refractivity contribution in [2.75, 3.05) is 26.6 Å². The number of carbonyl (C=O) groups is 1. The highest BCUT2D eigenvalue weighted by Gasteiger charge is 2.03. The van der Waals surface area contributed by atoms with Crippen LogP contribution in [0.2, 0.25) is 0 Å². The number of anilines is 1. The Hall–Kier alpha value is -3.02. The van der Waals surface area contributed by atoms with Gasteiger partial charge in [-0.25, -0.2) is 4.98 Å². The molecule has 0 aliphatic heterocycles. The highest BCUT2D eigenvalue weighted by molar-refractivity contribution is 6.01. The molecule has 0 aliphatic rings. The molecule has 0 unspecified atom stereocenters. The van der Waals surface area contributed by atoms with Crippen LogP contribution in [-0.2, 0) is 4.79 Å². The van der Waals surface area contributed by atoms with Gasteiger partial charge in [0.25, 0.3) is 0 Å².